The Balaban J connectivity index is 1.82. The molecule has 1 aromatic heterocycles. The van der Waals surface area contributed by atoms with Crippen LogP contribution in [0.2, 0.25) is 0 Å². The van der Waals surface area contributed by atoms with Gasteiger partial charge in [-0.1, -0.05) is 61.5 Å². The average molecular weight is 384 g/mol. The van der Waals surface area contributed by atoms with Gasteiger partial charge in [0.1, 0.15) is 12.2 Å². The Morgan fingerprint density at radius 2 is 1.52 bits per heavy atom. The minimum atomic E-state index is -0.140. The molecule has 1 heterocycles. The lowest BCUT2D eigenvalue weighted by atomic mass is 10.0. The van der Waals surface area contributed by atoms with Crippen LogP contribution in [-0.2, 0) is 13.0 Å². The van der Waals surface area contributed by atoms with Crippen LogP contribution in [0.3, 0.4) is 0 Å². The predicted molar refractivity (Wildman–Crippen MR) is 118 cm³/mol. The highest BCUT2D eigenvalue weighted by atomic mass is 16.5. The van der Waals surface area contributed by atoms with Gasteiger partial charge < -0.3 is 9.15 Å². The van der Waals surface area contributed by atoms with Crippen LogP contribution in [0.4, 0.5) is 0 Å². The third kappa shape index (κ3) is 3.81. The van der Waals surface area contributed by atoms with Gasteiger partial charge in [-0.05, 0) is 54.7 Å². The summed E-state index contributed by atoms with van der Waals surface area (Å²) in [6.07, 6.45) is 0.992. The lowest BCUT2D eigenvalue weighted by Gasteiger charge is -2.13. The summed E-state index contributed by atoms with van der Waals surface area (Å²) in [5, 5.41) is 0.545. The molecule has 0 aliphatic heterocycles. The molecule has 3 nitrogen and oxygen atoms in total. The van der Waals surface area contributed by atoms with Gasteiger partial charge in [-0.2, -0.15) is 0 Å². The number of aryl methyl sites for hydroxylation is 3. The van der Waals surface area contributed by atoms with Crippen molar-refractivity contribution in [1.29, 1.82) is 0 Å². The SMILES string of the molecule is CCc1ccc(COc2c(-c3ccccc3)oc3cc(C)c(C)cc3c2=O)cc1. The zero-order valence-corrected chi connectivity index (χ0v) is 17.0. The standard InChI is InChI=1S/C26H24O3/c1-4-19-10-12-20(13-11-19)16-28-26-24(27)22-14-17(2)18(3)15-23(22)29-25(26)21-8-6-5-7-9-21/h5-15H,4,16H2,1-3H3. The van der Waals surface area contributed by atoms with Crippen LogP contribution in [-0.4, -0.2) is 0 Å². The molecule has 0 aliphatic carbocycles. The Bertz CT molecular complexity index is 1200. The van der Waals surface area contributed by atoms with Gasteiger partial charge in [-0.3, -0.25) is 4.79 Å². The second kappa shape index (κ2) is 7.96. The summed E-state index contributed by atoms with van der Waals surface area (Å²) in [5.74, 6) is 0.725. The Kier molecular flexibility index (Phi) is 5.22. The molecule has 0 aliphatic rings. The van der Waals surface area contributed by atoms with E-state index in [2.05, 4.69) is 19.1 Å². The van der Waals surface area contributed by atoms with Gasteiger partial charge in [0.2, 0.25) is 11.2 Å². The van der Waals surface area contributed by atoms with Gasteiger partial charge in [0.15, 0.2) is 5.76 Å². The van der Waals surface area contributed by atoms with Gasteiger partial charge in [-0.15, -0.1) is 0 Å². The van der Waals surface area contributed by atoms with Crippen molar-refractivity contribution < 1.29 is 9.15 Å². The van der Waals surface area contributed by atoms with E-state index in [-0.39, 0.29) is 11.2 Å². The Morgan fingerprint density at radius 3 is 2.21 bits per heavy atom. The molecule has 0 saturated carbocycles. The number of hydrogen-bond acceptors (Lipinski definition) is 3. The molecule has 0 spiro atoms. The molecular weight excluding hydrogens is 360 g/mol. The summed E-state index contributed by atoms with van der Waals surface area (Å²) in [6.45, 7) is 6.45. The number of benzene rings is 3. The highest BCUT2D eigenvalue weighted by Crippen LogP contribution is 2.32. The summed E-state index contributed by atoms with van der Waals surface area (Å²) in [4.78, 5) is 13.3. The molecule has 146 valence electrons. The van der Waals surface area contributed by atoms with E-state index in [1.54, 1.807) is 0 Å². The van der Waals surface area contributed by atoms with Crippen molar-refractivity contribution in [2.45, 2.75) is 33.8 Å². The summed E-state index contributed by atoms with van der Waals surface area (Å²) in [7, 11) is 0. The van der Waals surface area contributed by atoms with Crippen molar-refractivity contribution in [3.63, 3.8) is 0 Å². The maximum Gasteiger partial charge on any atom is 0.235 e. The van der Waals surface area contributed by atoms with Crippen molar-refractivity contribution in [3.05, 3.63) is 99.2 Å². The smallest absolute Gasteiger partial charge is 0.235 e. The van der Waals surface area contributed by atoms with Crippen LogP contribution in [0.5, 0.6) is 5.75 Å². The molecule has 3 aromatic carbocycles. The number of rotatable bonds is 5. The molecule has 0 amide bonds. The molecule has 3 heteroatoms. The fourth-order valence-electron chi connectivity index (χ4n) is 3.37. The normalized spacial score (nSPS) is 11.0. The first-order chi connectivity index (χ1) is 14.1. The van der Waals surface area contributed by atoms with Crippen molar-refractivity contribution in [1.82, 2.24) is 0 Å². The zero-order valence-electron chi connectivity index (χ0n) is 17.0. The summed E-state index contributed by atoms with van der Waals surface area (Å²) < 4.78 is 12.2. The quantitative estimate of drug-likeness (QED) is 0.410. The average Bonchev–Trinajstić information content (AvgIpc) is 2.75. The highest BCUT2D eigenvalue weighted by Gasteiger charge is 2.18. The van der Waals surface area contributed by atoms with E-state index < -0.39 is 0 Å². The van der Waals surface area contributed by atoms with E-state index in [0.29, 0.717) is 23.3 Å². The van der Waals surface area contributed by atoms with Crippen molar-refractivity contribution in [2.75, 3.05) is 0 Å². The second-order valence-electron chi connectivity index (χ2n) is 7.35. The van der Waals surface area contributed by atoms with Gasteiger partial charge >= 0.3 is 0 Å². The molecule has 0 N–H and O–H groups in total. The van der Waals surface area contributed by atoms with Crippen LogP contribution in [0.15, 0.2) is 75.9 Å². The molecule has 4 aromatic rings. The summed E-state index contributed by atoms with van der Waals surface area (Å²) in [5.41, 5.74) is 5.69. The fourth-order valence-corrected chi connectivity index (χ4v) is 3.37. The van der Waals surface area contributed by atoms with Gasteiger partial charge in [-0.25, -0.2) is 0 Å². The van der Waals surface area contributed by atoms with E-state index in [1.807, 2.05) is 68.4 Å². The van der Waals surface area contributed by atoms with E-state index >= 15 is 0 Å². The fraction of sp³-hybridized carbons (Fsp3) is 0.192. The van der Waals surface area contributed by atoms with Crippen molar-refractivity contribution >= 4 is 11.0 Å². The van der Waals surface area contributed by atoms with Crippen LogP contribution >= 0.6 is 0 Å². The number of hydrogen-bond donors (Lipinski definition) is 0. The van der Waals surface area contributed by atoms with Gasteiger partial charge in [0.05, 0.1) is 5.39 Å². The molecule has 29 heavy (non-hydrogen) atoms. The van der Waals surface area contributed by atoms with E-state index in [1.165, 1.54) is 5.56 Å². The van der Waals surface area contributed by atoms with Crippen molar-refractivity contribution in [2.24, 2.45) is 0 Å². The Hall–Kier alpha value is -3.33. The maximum atomic E-state index is 13.3. The van der Waals surface area contributed by atoms with Gasteiger partial charge in [0.25, 0.3) is 0 Å². The molecule has 0 unspecified atom stereocenters. The highest BCUT2D eigenvalue weighted by molar-refractivity contribution is 5.83. The Morgan fingerprint density at radius 1 is 0.862 bits per heavy atom. The minimum Gasteiger partial charge on any atom is -0.481 e. The summed E-state index contributed by atoms with van der Waals surface area (Å²) in [6, 6.07) is 21.7. The second-order valence-corrected chi connectivity index (χ2v) is 7.35. The predicted octanol–water partition coefficient (Wildman–Crippen LogP) is 6.22. The minimum absolute atomic E-state index is 0.140. The van der Waals surface area contributed by atoms with E-state index in [4.69, 9.17) is 9.15 Å². The molecule has 0 atom stereocenters. The van der Waals surface area contributed by atoms with E-state index in [9.17, 15) is 4.79 Å². The van der Waals surface area contributed by atoms with Crippen molar-refractivity contribution in [3.8, 4) is 17.1 Å². The van der Waals surface area contributed by atoms with Crippen LogP contribution in [0.25, 0.3) is 22.3 Å². The lowest BCUT2D eigenvalue weighted by molar-refractivity contribution is 0.298. The molecule has 0 fully saturated rings. The topological polar surface area (TPSA) is 39.4 Å². The lowest BCUT2D eigenvalue weighted by Crippen LogP contribution is -2.10. The monoisotopic (exact) mass is 384 g/mol. The summed E-state index contributed by atoms with van der Waals surface area (Å²) >= 11 is 0. The van der Waals surface area contributed by atoms with Gasteiger partial charge in [0, 0.05) is 5.56 Å². The largest absolute Gasteiger partial charge is 0.481 e. The zero-order chi connectivity index (χ0) is 20.4. The molecule has 4 rings (SSSR count). The van der Waals surface area contributed by atoms with Crippen LogP contribution in [0, 0.1) is 13.8 Å². The molecule has 0 bridgehead atoms. The maximum absolute atomic E-state index is 13.3. The van der Waals surface area contributed by atoms with Crippen LogP contribution in [0.1, 0.15) is 29.2 Å². The van der Waals surface area contributed by atoms with E-state index in [0.717, 1.165) is 28.7 Å². The molecule has 0 radical (unpaired) electrons. The molecule has 0 saturated heterocycles. The third-order valence-corrected chi connectivity index (χ3v) is 5.32. The van der Waals surface area contributed by atoms with Crippen LogP contribution < -0.4 is 10.2 Å². The third-order valence-electron chi connectivity index (χ3n) is 5.32. The molecular formula is C26H24O3. The first-order valence-electron chi connectivity index (χ1n) is 9.91. The Labute approximate surface area is 170 Å². The first-order valence-corrected chi connectivity index (χ1v) is 9.91. The first kappa shape index (κ1) is 19.0. The number of fused-ring (bicyclic) bond motifs is 1. The number of ether oxygens (including phenoxy) is 1.